The van der Waals surface area contributed by atoms with Crippen LogP contribution >= 0.6 is 0 Å². The highest BCUT2D eigenvalue weighted by Gasteiger charge is 2.01. The van der Waals surface area contributed by atoms with Crippen LogP contribution < -0.4 is 10.1 Å². The molecule has 2 aromatic rings. The van der Waals surface area contributed by atoms with E-state index in [0.29, 0.717) is 6.61 Å². The first kappa shape index (κ1) is 15.7. The third kappa shape index (κ3) is 5.33. The molecule has 0 unspecified atom stereocenters. The summed E-state index contributed by atoms with van der Waals surface area (Å²) in [6.07, 6.45) is 4.12. The summed E-state index contributed by atoms with van der Waals surface area (Å²) in [6, 6.07) is 9.92. The second-order valence-corrected chi connectivity index (χ2v) is 4.89. The maximum Gasteiger partial charge on any atom is 0.128 e. The fourth-order valence-electron chi connectivity index (χ4n) is 2.05. The van der Waals surface area contributed by atoms with Crippen LogP contribution in [-0.4, -0.2) is 37.9 Å². The summed E-state index contributed by atoms with van der Waals surface area (Å²) < 4.78 is 11.3. The van der Waals surface area contributed by atoms with Gasteiger partial charge in [0, 0.05) is 31.3 Å². The van der Waals surface area contributed by atoms with Crippen molar-refractivity contribution < 1.29 is 9.47 Å². The monoisotopic (exact) mass is 288 g/mol. The summed E-state index contributed by atoms with van der Waals surface area (Å²) in [4.78, 5) is 4.32. The van der Waals surface area contributed by atoms with E-state index in [2.05, 4.69) is 17.2 Å². The summed E-state index contributed by atoms with van der Waals surface area (Å²) in [7, 11) is 0. The maximum atomic E-state index is 5.82. The highest BCUT2D eigenvalue weighted by molar-refractivity contribution is 5.84. The number of benzene rings is 1. The molecule has 0 atom stereocenters. The van der Waals surface area contributed by atoms with Crippen LogP contribution in [0.4, 0.5) is 0 Å². The minimum absolute atomic E-state index is 0.642. The molecular formula is C17H24N2O2. The molecule has 1 heterocycles. The number of fused-ring (bicyclic) bond motifs is 1. The molecule has 0 aliphatic rings. The fraction of sp³-hybridized carbons (Fsp3) is 0.471. The molecule has 1 aromatic carbocycles. The molecule has 0 aliphatic heterocycles. The van der Waals surface area contributed by atoms with Gasteiger partial charge in [-0.05, 0) is 30.7 Å². The van der Waals surface area contributed by atoms with Crippen molar-refractivity contribution in [2.75, 3.05) is 32.9 Å². The molecule has 114 valence electrons. The molecule has 2 rings (SSSR count). The van der Waals surface area contributed by atoms with E-state index in [0.717, 1.165) is 49.4 Å². The zero-order valence-electron chi connectivity index (χ0n) is 12.7. The Morgan fingerprint density at radius 3 is 2.86 bits per heavy atom. The van der Waals surface area contributed by atoms with Crippen LogP contribution in [0.2, 0.25) is 0 Å². The molecular weight excluding hydrogens is 264 g/mol. The molecule has 4 heteroatoms. The number of ether oxygens (including phenoxy) is 2. The van der Waals surface area contributed by atoms with Crippen molar-refractivity contribution in [2.45, 2.75) is 19.8 Å². The van der Waals surface area contributed by atoms with Gasteiger partial charge in [0.1, 0.15) is 12.4 Å². The summed E-state index contributed by atoms with van der Waals surface area (Å²) >= 11 is 0. The van der Waals surface area contributed by atoms with Crippen LogP contribution in [0, 0.1) is 0 Å². The quantitative estimate of drug-likeness (QED) is 0.683. The predicted molar refractivity (Wildman–Crippen MR) is 85.8 cm³/mol. The van der Waals surface area contributed by atoms with E-state index in [4.69, 9.17) is 9.47 Å². The molecule has 0 bridgehead atoms. The lowest BCUT2D eigenvalue weighted by molar-refractivity contribution is 0.132. The summed E-state index contributed by atoms with van der Waals surface area (Å²) in [6.45, 7) is 6.11. The van der Waals surface area contributed by atoms with Gasteiger partial charge in [0.25, 0.3) is 0 Å². The van der Waals surface area contributed by atoms with Gasteiger partial charge in [0.2, 0.25) is 0 Å². The lowest BCUT2D eigenvalue weighted by atomic mass is 10.2. The number of pyridine rings is 1. The Morgan fingerprint density at radius 1 is 1.05 bits per heavy atom. The first-order chi connectivity index (χ1) is 10.4. The Morgan fingerprint density at radius 2 is 1.95 bits per heavy atom. The molecule has 0 saturated carbocycles. The number of nitrogens with one attached hydrogen (secondary N) is 1. The van der Waals surface area contributed by atoms with Gasteiger partial charge in [0.15, 0.2) is 0 Å². The molecule has 4 nitrogen and oxygen atoms in total. The number of aromatic nitrogens is 1. The lowest BCUT2D eigenvalue weighted by Gasteiger charge is -2.10. The van der Waals surface area contributed by atoms with E-state index in [9.17, 15) is 0 Å². The molecule has 1 aromatic heterocycles. The summed E-state index contributed by atoms with van der Waals surface area (Å²) in [5.74, 6) is 0.890. The van der Waals surface area contributed by atoms with Gasteiger partial charge >= 0.3 is 0 Å². The van der Waals surface area contributed by atoms with Crippen molar-refractivity contribution in [3.63, 3.8) is 0 Å². The van der Waals surface area contributed by atoms with Crippen molar-refractivity contribution in [2.24, 2.45) is 0 Å². The van der Waals surface area contributed by atoms with E-state index in [-0.39, 0.29) is 0 Å². The molecule has 0 radical (unpaired) electrons. The summed E-state index contributed by atoms with van der Waals surface area (Å²) in [5.41, 5.74) is 0.965. The summed E-state index contributed by atoms with van der Waals surface area (Å²) in [5, 5.41) is 4.37. The fourth-order valence-corrected chi connectivity index (χ4v) is 2.05. The van der Waals surface area contributed by atoms with E-state index >= 15 is 0 Å². The minimum Gasteiger partial charge on any atom is -0.492 e. The smallest absolute Gasteiger partial charge is 0.128 e. The second kappa shape index (κ2) is 9.32. The number of unbranched alkanes of at least 4 members (excludes halogenated alkanes) is 1. The molecule has 0 fully saturated rings. The number of hydrogen-bond donors (Lipinski definition) is 1. The lowest BCUT2D eigenvalue weighted by Crippen LogP contribution is -2.25. The van der Waals surface area contributed by atoms with Gasteiger partial charge in [-0.3, -0.25) is 4.98 Å². The topological polar surface area (TPSA) is 43.4 Å². The van der Waals surface area contributed by atoms with Crippen LogP contribution in [-0.2, 0) is 4.74 Å². The Labute approximate surface area is 126 Å². The standard InChI is InChI=1S/C17H24N2O2/c1-2-3-12-20-13-10-18-11-14-21-17-8-4-7-16-15(17)6-5-9-19-16/h4-9,18H,2-3,10-14H2,1H3. The first-order valence-corrected chi connectivity index (χ1v) is 7.67. The maximum absolute atomic E-state index is 5.82. The third-order valence-electron chi connectivity index (χ3n) is 3.21. The Hall–Kier alpha value is -1.65. The first-order valence-electron chi connectivity index (χ1n) is 7.67. The van der Waals surface area contributed by atoms with Crippen molar-refractivity contribution in [1.29, 1.82) is 0 Å². The van der Waals surface area contributed by atoms with Crippen molar-refractivity contribution in [3.8, 4) is 5.75 Å². The van der Waals surface area contributed by atoms with Crippen LogP contribution in [0.5, 0.6) is 5.75 Å². The Kier molecular flexibility index (Phi) is 6.98. The van der Waals surface area contributed by atoms with E-state index in [1.54, 1.807) is 6.20 Å². The van der Waals surface area contributed by atoms with Gasteiger partial charge in [-0.25, -0.2) is 0 Å². The van der Waals surface area contributed by atoms with Gasteiger partial charge in [-0.1, -0.05) is 19.4 Å². The molecule has 0 spiro atoms. The van der Waals surface area contributed by atoms with Gasteiger partial charge < -0.3 is 14.8 Å². The van der Waals surface area contributed by atoms with Crippen molar-refractivity contribution in [1.82, 2.24) is 10.3 Å². The third-order valence-corrected chi connectivity index (χ3v) is 3.21. The van der Waals surface area contributed by atoms with Gasteiger partial charge in [0.05, 0.1) is 12.1 Å². The average Bonchev–Trinajstić information content (AvgIpc) is 2.53. The van der Waals surface area contributed by atoms with Gasteiger partial charge in [-0.15, -0.1) is 0 Å². The van der Waals surface area contributed by atoms with Crippen LogP contribution in [0.3, 0.4) is 0 Å². The number of hydrogen-bond acceptors (Lipinski definition) is 4. The highest BCUT2D eigenvalue weighted by atomic mass is 16.5. The largest absolute Gasteiger partial charge is 0.492 e. The number of nitrogens with zero attached hydrogens (tertiary/aromatic N) is 1. The van der Waals surface area contributed by atoms with Crippen molar-refractivity contribution in [3.05, 3.63) is 36.5 Å². The normalized spacial score (nSPS) is 10.9. The van der Waals surface area contributed by atoms with Crippen LogP contribution in [0.1, 0.15) is 19.8 Å². The molecule has 0 aliphatic carbocycles. The zero-order valence-corrected chi connectivity index (χ0v) is 12.7. The SMILES string of the molecule is CCCCOCCNCCOc1cccc2ncccc12. The van der Waals surface area contributed by atoms with E-state index in [1.807, 2.05) is 30.3 Å². The van der Waals surface area contributed by atoms with E-state index in [1.165, 1.54) is 6.42 Å². The molecule has 1 N–H and O–H groups in total. The van der Waals surface area contributed by atoms with Crippen LogP contribution in [0.25, 0.3) is 10.9 Å². The zero-order chi connectivity index (χ0) is 14.8. The second-order valence-electron chi connectivity index (χ2n) is 4.89. The predicted octanol–water partition coefficient (Wildman–Crippen LogP) is 3.02. The van der Waals surface area contributed by atoms with Gasteiger partial charge in [-0.2, -0.15) is 0 Å². The van der Waals surface area contributed by atoms with Crippen LogP contribution in [0.15, 0.2) is 36.5 Å². The Bertz CT molecular complexity index is 526. The number of rotatable bonds is 10. The Balaban J connectivity index is 1.64. The molecule has 21 heavy (non-hydrogen) atoms. The average molecular weight is 288 g/mol. The van der Waals surface area contributed by atoms with Crippen molar-refractivity contribution >= 4 is 10.9 Å². The highest BCUT2D eigenvalue weighted by Crippen LogP contribution is 2.23. The molecule has 0 amide bonds. The molecule has 0 saturated heterocycles. The minimum atomic E-state index is 0.642. The van der Waals surface area contributed by atoms with E-state index < -0.39 is 0 Å².